The molecule has 0 aliphatic carbocycles. The van der Waals surface area contributed by atoms with Crippen LogP contribution in [0, 0.1) is 0 Å². The summed E-state index contributed by atoms with van der Waals surface area (Å²) in [6.45, 7) is 6.00. The Hall–Kier alpha value is -1.41. The van der Waals surface area contributed by atoms with Crippen molar-refractivity contribution in [3.8, 4) is 0 Å². The van der Waals surface area contributed by atoms with Crippen LogP contribution in [0.2, 0.25) is 0 Å². The molecule has 0 heterocycles. The number of nitrogens with zero attached hydrogens (tertiary/aromatic N) is 1. The van der Waals surface area contributed by atoms with E-state index >= 15 is 0 Å². The van der Waals surface area contributed by atoms with E-state index in [1.807, 2.05) is 0 Å². The lowest BCUT2D eigenvalue weighted by atomic mass is 10.2. The van der Waals surface area contributed by atoms with Gasteiger partial charge in [-0.15, -0.1) is 0 Å². The smallest absolute Gasteiger partial charge is 0.329 e. The van der Waals surface area contributed by atoms with Gasteiger partial charge in [0, 0.05) is 6.08 Å². The molecule has 92 valence electrons. The van der Waals surface area contributed by atoms with E-state index in [1.165, 1.54) is 38.9 Å². The van der Waals surface area contributed by atoms with Crippen LogP contribution in [0.4, 0.5) is 0 Å². The molecule has 0 bridgehead atoms. The number of aliphatic imine (C=N–C) groups is 1. The third-order valence-electron chi connectivity index (χ3n) is 1.81. The molecule has 0 N–H and O–H groups in total. The minimum absolute atomic E-state index is 0.394. The summed E-state index contributed by atoms with van der Waals surface area (Å²) in [6.07, 6.45) is 8.70. The van der Waals surface area contributed by atoms with E-state index in [1.54, 1.807) is 0 Å². The van der Waals surface area contributed by atoms with E-state index in [0.29, 0.717) is 6.54 Å². The highest BCUT2D eigenvalue weighted by molar-refractivity contribution is 5.80. The molecule has 0 spiro atoms. The van der Waals surface area contributed by atoms with E-state index in [4.69, 9.17) is 0 Å². The molecule has 0 aliphatic heterocycles. The zero-order valence-electron chi connectivity index (χ0n) is 10.2. The Bertz CT molecular complexity index is 220. The van der Waals surface area contributed by atoms with Crippen molar-refractivity contribution in [1.82, 2.24) is 0 Å². The van der Waals surface area contributed by atoms with Gasteiger partial charge in [-0.05, 0) is 6.42 Å². The zero-order valence-corrected chi connectivity index (χ0v) is 10.2. The Morgan fingerprint density at radius 1 is 1.38 bits per heavy atom. The molecule has 0 radical (unpaired) electrons. The molecule has 0 unspecified atom stereocenters. The fourth-order valence-corrected chi connectivity index (χ4v) is 0.923. The van der Waals surface area contributed by atoms with Gasteiger partial charge in [-0.2, -0.15) is 0 Å². The number of hydrogen-bond acceptors (Lipinski definition) is 4. The molecule has 0 amide bonds. The molecule has 0 saturated heterocycles. The van der Waals surface area contributed by atoms with Crippen molar-refractivity contribution in [3.05, 3.63) is 12.7 Å². The van der Waals surface area contributed by atoms with Crippen molar-refractivity contribution < 1.29 is 14.3 Å². The lowest BCUT2D eigenvalue weighted by molar-refractivity contribution is -0.134. The van der Waals surface area contributed by atoms with Crippen molar-refractivity contribution in [1.29, 1.82) is 0 Å². The average Bonchev–Trinajstić information content (AvgIpc) is 2.33. The number of carbonyl (C=O) groups is 1. The molecule has 0 aromatic carbocycles. The summed E-state index contributed by atoms with van der Waals surface area (Å²) in [5.41, 5.74) is 0. The highest BCUT2D eigenvalue weighted by Crippen LogP contribution is 2.01. The molecule has 0 aliphatic rings. The van der Waals surface area contributed by atoms with E-state index in [-0.39, 0.29) is 0 Å². The predicted molar refractivity (Wildman–Crippen MR) is 64.0 cm³/mol. The van der Waals surface area contributed by atoms with E-state index in [0.717, 1.165) is 12.5 Å². The Morgan fingerprint density at radius 2 is 2.00 bits per heavy atom. The maximum Gasteiger partial charge on any atom is 0.329 e. The highest BCUT2D eigenvalue weighted by atomic mass is 16.5. The lowest BCUT2D eigenvalue weighted by Gasteiger charge is -1.93. The number of hydrogen-bond donors (Lipinski definition) is 0. The number of methoxy groups -OCH3 is 1. The number of carbonyl (C=O) groups excluding carboxylic acids is 2. The number of rotatable bonds is 7. The monoisotopic (exact) mass is 227 g/mol. The van der Waals surface area contributed by atoms with E-state index in [9.17, 15) is 9.59 Å². The van der Waals surface area contributed by atoms with Gasteiger partial charge in [0.2, 0.25) is 6.08 Å². The SMILES string of the molecule is C=CC(=O)OC.CCCCCCCN=C=O. The van der Waals surface area contributed by atoms with Crippen LogP contribution in [0.15, 0.2) is 17.6 Å². The van der Waals surface area contributed by atoms with Crippen molar-refractivity contribution in [2.24, 2.45) is 4.99 Å². The van der Waals surface area contributed by atoms with Gasteiger partial charge in [0.05, 0.1) is 13.7 Å². The highest BCUT2D eigenvalue weighted by Gasteiger charge is 1.85. The van der Waals surface area contributed by atoms with Gasteiger partial charge in [-0.3, -0.25) is 0 Å². The van der Waals surface area contributed by atoms with E-state index < -0.39 is 5.97 Å². The average molecular weight is 227 g/mol. The van der Waals surface area contributed by atoms with Gasteiger partial charge in [-0.1, -0.05) is 39.2 Å². The van der Waals surface area contributed by atoms with Crippen molar-refractivity contribution in [2.75, 3.05) is 13.7 Å². The van der Waals surface area contributed by atoms with Gasteiger partial charge in [0.1, 0.15) is 0 Å². The fourth-order valence-electron chi connectivity index (χ4n) is 0.923. The number of isocyanates is 1. The number of ether oxygens (including phenoxy) is 1. The standard InChI is InChI=1S/C8H15NO.C4H6O2/c1-2-3-4-5-6-7-9-8-10;1-3-4(5)6-2/h2-7H2,1H3;3H,1H2,2H3. The second-order valence-corrected chi connectivity index (χ2v) is 3.11. The molecule has 0 aromatic heterocycles. The molecule has 0 aromatic rings. The summed E-state index contributed by atoms with van der Waals surface area (Å²) in [4.78, 5) is 22.9. The quantitative estimate of drug-likeness (QED) is 0.221. The second-order valence-electron chi connectivity index (χ2n) is 3.11. The van der Waals surface area contributed by atoms with E-state index in [2.05, 4.69) is 23.2 Å². The Morgan fingerprint density at radius 3 is 2.38 bits per heavy atom. The minimum Gasteiger partial charge on any atom is -0.466 e. The van der Waals surface area contributed by atoms with Crippen LogP contribution in [-0.2, 0) is 14.3 Å². The number of unbranched alkanes of at least 4 members (excludes halogenated alkanes) is 4. The van der Waals surface area contributed by atoms with Crippen molar-refractivity contribution in [3.63, 3.8) is 0 Å². The van der Waals surface area contributed by atoms with Gasteiger partial charge in [-0.25, -0.2) is 14.6 Å². The van der Waals surface area contributed by atoms with Crippen LogP contribution >= 0.6 is 0 Å². The molecule has 16 heavy (non-hydrogen) atoms. The predicted octanol–water partition coefficient (Wildman–Crippen LogP) is 2.64. The normalized spacial score (nSPS) is 8.12. The van der Waals surface area contributed by atoms with Crippen LogP contribution in [-0.4, -0.2) is 25.7 Å². The first-order valence-electron chi connectivity index (χ1n) is 5.46. The molecular weight excluding hydrogens is 206 g/mol. The van der Waals surface area contributed by atoms with Crippen LogP contribution in [0.5, 0.6) is 0 Å². The Kier molecular flexibility index (Phi) is 17.0. The lowest BCUT2D eigenvalue weighted by Crippen LogP contribution is -1.91. The summed E-state index contributed by atoms with van der Waals surface area (Å²) in [6, 6.07) is 0. The maximum atomic E-state index is 9.84. The maximum absolute atomic E-state index is 9.84. The third-order valence-corrected chi connectivity index (χ3v) is 1.81. The molecule has 0 atom stereocenters. The van der Waals surface area contributed by atoms with Crippen LogP contribution in [0.3, 0.4) is 0 Å². The van der Waals surface area contributed by atoms with Crippen LogP contribution in [0.25, 0.3) is 0 Å². The van der Waals surface area contributed by atoms with Crippen LogP contribution in [0.1, 0.15) is 39.0 Å². The second kappa shape index (κ2) is 16.0. The van der Waals surface area contributed by atoms with Crippen LogP contribution < -0.4 is 0 Å². The molecule has 4 heteroatoms. The third kappa shape index (κ3) is 18.4. The van der Waals surface area contributed by atoms with Crippen molar-refractivity contribution >= 4 is 12.0 Å². The summed E-state index contributed by atoms with van der Waals surface area (Å²) in [7, 11) is 1.31. The Labute approximate surface area is 97.4 Å². The zero-order chi connectivity index (χ0) is 12.6. The molecule has 0 saturated carbocycles. The Balaban J connectivity index is 0. The molecule has 4 nitrogen and oxygen atoms in total. The molecule has 0 rings (SSSR count). The summed E-state index contributed by atoms with van der Waals surface area (Å²) >= 11 is 0. The van der Waals surface area contributed by atoms with Crippen molar-refractivity contribution in [2.45, 2.75) is 39.0 Å². The van der Waals surface area contributed by atoms with Gasteiger partial charge in [0.15, 0.2) is 0 Å². The first-order chi connectivity index (χ1) is 7.72. The topological polar surface area (TPSA) is 55.7 Å². The molecule has 0 fully saturated rings. The molecular formula is C12H21NO3. The largest absolute Gasteiger partial charge is 0.466 e. The minimum atomic E-state index is -0.394. The first-order valence-corrected chi connectivity index (χ1v) is 5.46. The van der Waals surface area contributed by atoms with Gasteiger partial charge < -0.3 is 4.74 Å². The fraction of sp³-hybridized carbons (Fsp3) is 0.667. The number of esters is 1. The summed E-state index contributed by atoms with van der Waals surface area (Å²) < 4.78 is 4.14. The first kappa shape index (κ1) is 17.0. The summed E-state index contributed by atoms with van der Waals surface area (Å²) in [5, 5.41) is 0. The van der Waals surface area contributed by atoms with Gasteiger partial charge in [0.25, 0.3) is 0 Å². The van der Waals surface area contributed by atoms with Gasteiger partial charge >= 0.3 is 5.97 Å². The summed E-state index contributed by atoms with van der Waals surface area (Å²) in [5.74, 6) is -0.394.